The van der Waals surface area contributed by atoms with Gasteiger partial charge in [-0.2, -0.15) is 0 Å². The molecule has 17 heavy (non-hydrogen) atoms. The lowest BCUT2D eigenvalue weighted by atomic mass is 10.1. The minimum absolute atomic E-state index is 0.0831. The Bertz CT molecular complexity index is 362. The first-order valence-corrected chi connectivity index (χ1v) is 6.28. The molecule has 1 aromatic rings. The summed E-state index contributed by atoms with van der Waals surface area (Å²) >= 11 is 5.78. The summed E-state index contributed by atoms with van der Waals surface area (Å²) in [5.74, 6) is 0. The standard InChI is InChI=1S/C13H18ClNO2/c14-11-3-1-10(2-4-11)12(17)7-15-8-13(9-16)5-6-13/h1-4,12,15-17H,5-9H2. The van der Waals surface area contributed by atoms with E-state index in [2.05, 4.69) is 5.32 Å². The first-order chi connectivity index (χ1) is 8.15. The van der Waals surface area contributed by atoms with E-state index in [1.165, 1.54) is 0 Å². The molecule has 1 atom stereocenters. The normalized spacial score (nSPS) is 19.0. The lowest BCUT2D eigenvalue weighted by molar-refractivity contribution is 0.162. The van der Waals surface area contributed by atoms with E-state index in [1.54, 1.807) is 12.1 Å². The fourth-order valence-corrected chi connectivity index (χ4v) is 1.97. The van der Waals surface area contributed by atoms with Crippen LogP contribution in [0.1, 0.15) is 24.5 Å². The number of benzene rings is 1. The zero-order valence-corrected chi connectivity index (χ0v) is 10.5. The molecule has 3 nitrogen and oxygen atoms in total. The molecule has 2 rings (SSSR count). The molecule has 1 aliphatic rings. The van der Waals surface area contributed by atoms with Crippen molar-refractivity contribution < 1.29 is 10.2 Å². The monoisotopic (exact) mass is 255 g/mol. The van der Waals surface area contributed by atoms with Gasteiger partial charge in [-0.3, -0.25) is 0 Å². The first-order valence-electron chi connectivity index (χ1n) is 5.90. The third-order valence-corrected chi connectivity index (χ3v) is 3.64. The van der Waals surface area contributed by atoms with Gasteiger partial charge in [0.1, 0.15) is 0 Å². The van der Waals surface area contributed by atoms with Gasteiger partial charge in [-0.25, -0.2) is 0 Å². The number of halogens is 1. The fourth-order valence-electron chi connectivity index (χ4n) is 1.84. The molecule has 1 aromatic carbocycles. The van der Waals surface area contributed by atoms with Crippen LogP contribution in [0.3, 0.4) is 0 Å². The van der Waals surface area contributed by atoms with Crippen LogP contribution in [0.5, 0.6) is 0 Å². The Morgan fingerprint density at radius 1 is 1.29 bits per heavy atom. The van der Waals surface area contributed by atoms with Crippen LogP contribution in [0.25, 0.3) is 0 Å². The Morgan fingerprint density at radius 2 is 1.94 bits per heavy atom. The van der Waals surface area contributed by atoms with E-state index >= 15 is 0 Å². The van der Waals surface area contributed by atoms with Crippen molar-refractivity contribution in [3.05, 3.63) is 34.9 Å². The summed E-state index contributed by atoms with van der Waals surface area (Å²) in [6.07, 6.45) is 1.63. The van der Waals surface area contributed by atoms with Crippen LogP contribution >= 0.6 is 11.6 Å². The molecule has 94 valence electrons. The highest BCUT2D eigenvalue weighted by Crippen LogP contribution is 2.44. The SMILES string of the molecule is OCC1(CNCC(O)c2ccc(Cl)cc2)CC1. The maximum atomic E-state index is 9.93. The van der Waals surface area contributed by atoms with E-state index in [1.807, 2.05) is 12.1 Å². The van der Waals surface area contributed by atoms with Crippen molar-refractivity contribution in [2.75, 3.05) is 19.7 Å². The van der Waals surface area contributed by atoms with Gasteiger partial charge in [0.05, 0.1) is 6.10 Å². The van der Waals surface area contributed by atoms with Crippen LogP contribution < -0.4 is 5.32 Å². The largest absolute Gasteiger partial charge is 0.396 e. The molecule has 1 fully saturated rings. The predicted molar refractivity (Wildman–Crippen MR) is 68.0 cm³/mol. The fraction of sp³-hybridized carbons (Fsp3) is 0.538. The molecule has 1 aliphatic carbocycles. The summed E-state index contributed by atoms with van der Waals surface area (Å²) < 4.78 is 0. The Morgan fingerprint density at radius 3 is 2.47 bits per heavy atom. The van der Waals surface area contributed by atoms with Crippen molar-refractivity contribution in [3.8, 4) is 0 Å². The van der Waals surface area contributed by atoms with Crippen molar-refractivity contribution in [1.29, 1.82) is 0 Å². The average molecular weight is 256 g/mol. The second-order valence-corrected chi connectivity index (χ2v) is 5.29. The molecule has 0 amide bonds. The highest BCUT2D eigenvalue weighted by Gasteiger charge is 2.41. The van der Waals surface area contributed by atoms with Crippen LogP contribution in [-0.4, -0.2) is 29.9 Å². The number of hydrogen-bond acceptors (Lipinski definition) is 3. The highest BCUT2D eigenvalue weighted by molar-refractivity contribution is 6.30. The third-order valence-electron chi connectivity index (χ3n) is 3.38. The molecule has 0 bridgehead atoms. The van der Waals surface area contributed by atoms with E-state index in [9.17, 15) is 5.11 Å². The predicted octanol–water partition coefficient (Wildman–Crippen LogP) is 1.74. The summed E-state index contributed by atoms with van der Waals surface area (Å²) in [6, 6.07) is 7.20. The summed E-state index contributed by atoms with van der Waals surface area (Å²) in [6.45, 7) is 1.51. The van der Waals surface area contributed by atoms with Crippen molar-refractivity contribution >= 4 is 11.6 Å². The Kier molecular flexibility index (Phi) is 4.05. The van der Waals surface area contributed by atoms with Gasteiger partial charge < -0.3 is 15.5 Å². The highest BCUT2D eigenvalue weighted by atomic mass is 35.5. The van der Waals surface area contributed by atoms with Crippen molar-refractivity contribution in [2.45, 2.75) is 18.9 Å². The molecule has 1 saturated carbocycles. The lowest BCUT2D eigenvalue weighted by Crippen LogP contribution is -2.30. The maximum Gasteiger partial charge on any atom is 0.0914 e. The van der Waals surface area contributed by atoms with Crippen LogP contribution in [0.2, 0.25) is 5.02 Å². The van der Waals surface area contributed by atoms with Gasteiger partial charge in [-0.1, -0.05) is 23.7 Å². The maximum absolute atomic E-state index is 9.93. The van der Waals surface area contributed by atoms with E-state index in [0.29, 0.717) is 11.6 Å². The molecule has 0 aromatic heterocycles. The van der Waals surface area contributed by atoms with Gasteiger partial charge in [-0.05, 0) is 30.5 Å². The number of nitrogens with one attached hydrogen (secondary N) is 1. The van der Waals surface area contributed by atoms with Crippen molar-refractivity contribution in [1.82, 2.24) is 5.32 Å². The van der Waals surface area contributed by atoms with Gasteiger partial charge in [0.25, 0.3) is 0 Å². The number of rotatable bonds is 6. The Balaban J connectivity index is 1.77. The minimum Gasteiger partial charge on any atom is -0.396 e. The molecule has 0 spiro atoms. The van der Waals surface area contributed by atoms with Crippen molar-refractivity contribution in [2.24, 2.45) is 5.41 Å². The van der Waals surface area contributed by atoms with E-state index < -0.39 is 6.10 Å². The topological polar surface area (TPSA) is 52.5 Å². The molecule has 4 heteroatoms. The smallest absolute Gasteiger partial charge is 0.0914 e. The lowest BCUT2D eigenvalue weighted by Gasteiger charge is -2.16. The Labute approximate surface area is 106 Å². The zero-order chi connectivity index (χ0) is 12.3. The molecule has 3 N–H and O–H groups in total. The summed E-state index contributed by atoms with van der Waals surface area (Å²) in [5.41, 5.74) is 0.940. The minimum atomic E-state index is -0.526. The van der Waals surface area contributed by atoms with Gasteiger partial charge in [-0.15, -0.1) is 0 Å². The molecule has 0 aliphatic heterocycles. The quantitative estimate of drug-likeness (QED) is 0.726. The Hall–Kier alpha value is -0.610. The van der Waals surface area contributed by atoms with Gasteiger partial charge >= 0.3 is 0 Å². The third kappa shape index (κ3) is 3.42. The number of aliphatic hydroxyl groups excluding tert-OH is 2. The van der Waals surface area contributed by atoms with Crippen LogP contribution in [0.4, 0.5) is 0 Å². The second-order valence-electron chi connectivity index (χ2n) is 4.86. The van der Waals surface area contributed by atoms with Gasteiger partial charge in [0, 0.05) is 30.1 Å². The van der Waals surface area contributed by atoms with Crippen LogP contribution in [0, 0.1) is 5.41 Å². The summed E-state index contributed by atoms with van der Waals surface area (Å²) in [5, 5.41) is 23.0. The molecular formula is C13H18ClNO2. The second kappa shape index (κ2) is 5.36. The molecular weight excluding hydrogens is 238 g/mol. The van der Waals surface area contributed by atoms with Crippen LogP contribution in [-0.2, 0) is 0 Å². The van der Waals surface area contributed by atoms with Crippen LogP contribution in [0.15, 0.2) is 24.3 Å². The number of aliphatic hydroxyl groups is 2. The summed E-state index contributed by atoms with van der Waals surface area (Å²) in [7, 11) is 0. The van der Waals surface area contributed by atoms with E-state index in [-0.39, 0.29) is 12.0 Å². The van der Waals surface area contributed by atoms with Gasteiger partial charge in [0.15, 0.2) is 0 Å². The zero-order valence-electron chi connectivity index (χ0n) is 9.69. The molecule has 0 radical (unpaired) electrons. The van der Waals surface area contributed by atoms with Gasteiger partial charge in [0.2, 0.25) is 0 Å². The van der Waals surface area contributed by atoms with Crippen molar-refractivity contribution in [3.63, 3.8) is 0 Å². The van der Waals surface area contributed by atoms with E-state index in [0.717, 1.165) is 24.9 Å². The first kappa shape index (κ1) is 12.8. The molecule has 0 heterocycles. The van der Waals surface area contributed by atoms with E-state index in [4.69, 9.17) is 16.7 Å². The summed E-state index contributed by atoms with van der Waals surface area (Å²) in [4.78, 5) is 0. The number of hydrogen-bond donors (Lipinski definition) is 3. The molecule has 1 unspecified atom stereocenters. The average Bonchev–Trinajstić information content (AvgIpc) is 3.10. The molecule has 0 saturated heterocycles.